The Labute approximate surface area is 201 Å². The van der Waals surface area contributed by atoms with E-state index in [1.54, 1.807) is 61.7 Å². The van der Waals surface area contributed by atoms with Gasteiger partial charge in [-0.25, -0.2) is 9.59 Å². The van der Waals surface area contributed by atoms with Crippen molar-refractivity contribution in [1.82, 2.24) is 0 Å². The van der Waals surface area contributed by atoms with E-state index in [4.69, 9.17) is 18.9 Å². The first-order chi connectivity index (χ1) is 17.0. The van der Waals surface area contributed by atoms with Gasteiger partial charge in [0.25, 0.3) is 0 Å². The van der Waals surface area contributed by atoms with Crippen molar-refractivity contribution in [2.75, 3.05) is 27.1 Å². The van der Waals surface area contributed by atoms with Crippen LogP contribution in [0.4, 0.5) is 0 Å². The first-order valence-electron chi connectivity index (χ1n) is 10.8. The Balaban J connectivity index is 1.53. The number of aromatic carboxylic acids is 1. The van der Waals surface area contributed by atoms with E-state index >= 15 is 0 Å². The van der Waals surface area contributed by atoms with Gasteiger partial charge in [-0.1, -0.05) is 24.3 Å². The van der Waals surface area contributed by atoms with Crippen LogP contribution < -0.4 is 4.74 Å². The van der Waals surface area contributed by atoms with E-state index < -0.39 is 11.9 Å². The van der Waals surface area contributed by atoms with E-state index in [-0.39, 0.29) is 24.7 Å². The average Bonchev–Trinajstić information content (AvgIpc) is 2.86. The van der Waals surface area contributed by atoms with E-state index in [1.807, 2.05) is 0 Å². The van der Waals surface area contributed by atoms with Gasteiger partial charge in [0, 0.05) is 12.7 Å². The zero-order valence-corrected chi connectivity index (χ0v) is 19.0. The Kier molecular flexibility index (Phi) is 7.45. The highest BCUT2D eigenvalue weighted by Gasteiger charge is 2.17. The second-order valence-electron chi connectivity index (χ2n) is 7.77. The zero-order valence-electron chi connectivity index (χ0n) is 19.0. The summed E-state index contributed by atoms with van der Waals surface area (Å²) in [5.41, 5.74) is 0.761. The molecule has 0 heterocycles. The van der Waals surface area contributed by atoms with Crippen molar-refractivity contribution in [2.45, 2.75) is 6.61 Å². The molecule has 0 radical (unpaired) electrons. The van der Waals surface area contributed by atoms with Gasteiger partial charge in [0.15, 0.2) is 6.79 Å². The molecule has 0 saturated heterocycles. The normalized spacial score (nSPS) is 11.0. The molecule has 0 atom stereocenters. The number of aromatic hydroxyl groups is 1. The predicted molar refractivity (Wildman–Crippen MR) is 129 cm³/mol. The zero-order chi connectivity index (χ0) is 24.8. The summed E-state index contributed by atoms with van der Waals surface area (Å²) in [6, 6.07) is 18.2. The van der Waals surface area contributed by atoms with Crippen LogP contribution in [0.25, 0.3) is 21.5 Å². The summed E-state index contributed by atoms with van der Waals surface area (Å²) in [5.74, 6) is -1.00. The van der Waals surface area contributed by atoms with Crippen LogP contribution in [0.3, 0.4) is 0 Å². The Morgan fingerprint density at radius 3 is 2.43 bits per heavy atom. The fraction of sp³-hybridized carbons (Fsp3) is 0.185. The Hall–Kier alpha value is -4.14. The topological polar surface area (TPSA) is 112 Å². The molecule has 0 fully saturated rings. The van der Waals surface area contributed by atoms with Gasteiger partial charge in [-0.05, 0) is 64.0 Å². The van der Waals surface area contributed by atoms with Crippen LogP contribution in [0.5, 0.6) is 11.5 Å². The maximum absolute atomic E-state index is 12.7. The third-order valence-electron chi connectivity index (χ3n) is 5.48. The van der Waals surface area contributed by atoms with Gasteiger partial charge < -0.3 is 29.2 Å². The van der Waals surface area contributed by atoms with Crippen molar-refractivity contribution in [3.05, 3.63) is 83.4 Å². The van der Waals surface area contributed by atoms with Crippen molar-refractivity contribution in [2.24, 2.45) is 0 Å². The van der Waals surface area contributed by atoms with Gasteiger partial charge in [0.2, 0.25) is 0 Å². The lowest BCUT2D eigenvalue weighted by Gasteiger charge is -2.13. The third-order valence-corrected chi connectivity index (χ3v) is 5.48. The van der Waals surface area contributed by atoms with Crippen LogP contribution >= 0.6 is 0 Å². The summed E-state index contributed by atoms with van der Waals surface area (Å²) < 4.78 is 21.3. The van der Waals surface area contributed by atoms with E-state index in [9.17, 15) is 19.8 Å². The number of methoxy groups -OCH3 is 1. The molecule has 0 aromatic heterocycles. The smallest absolute Gasteiger partial charge is 0.338 e. The van der Waals surface area contributed by atoms with E-state index in [1.165, 1.54) is 12.1 Å². The number of phenols is 1. The van der Waals surface area contributed by atoms with Gasteiger partial charge >= 0.3 is 11.9 Å². The predicted octanol–water partition coefficient (Wildman–Crippen LogP) is 4.75. The maximum atomic E-state index is 12.7. The van der Waals surface area contributed by atoms with Gasteiger partial charge in [-0.3, -0.25) is 0 Å². The summed E-state index contributed by atoms with van der Waals surface area (Å²) in [6.07, 6.45) is 0. The quantitative estimate of drug-likeness (QED) is 0.192. The second-order valence-corrected chi connectivity index (χ2v) is 7.77. The van der Waals surface area contributed by atoms with Crippen LogP contribution in [-0.4, -0.2) is 49.3 Å². The van der Waals surface area contributed by atoms with Gasteiger partial charge in [0.1, 0.15) is 18.1 Å². The summed E-state index contributed by atoms with van der Waals surface area (Å²) in [5, 5.41) is 22.2. The SMILES string of the molecule is COCCOCOc1ccc2c(COC(=O)c3ccc4cc(O)ccc4c3)c(C(=O)O)ccc2c1. The lowest BCUT2D eigenvalue weighted by Crippen LogP contribution is -2.10. The minimum atomic E-state index is -1.12. The molecule has 0 spiro atoms. The monoisotopic (exact) mass is 476 g/mol. The number of carbonyl (C=O) groups excluding carboxylic acids is 1. The Morgan fingerprint density at radius 1 is 0.857 bits per heavy atom. The molecule has 0 amide bonds. The number of esters is 1. The number of carboxylic acid groups (broad SMARTS) is 1. The molecule has 0 saturated carbocycles. The molecule has 180 valence electrons. The molecule has 4 rings (SSSR count). The van der Waals surface area contributed by atoms with Crippen LogP contribution in [0, 0.1) is 0 Å². The number of hydrogen-bond acceptors (Lipinski definition) is 7. The second kappa shape index (κ2) is 10.9. The fourth-order valence-electron chi connectivity index (χ4n) is 3.71. The van der Waals surface area contributed by atoms with E-state index in [0.29, 0.717) is 35.5 Å². The van der Waals surface area contributed by atoms with E-state index in [2.05, 4.69) is 0 Å². The molecule has 2 N–H and O–H groups in total. The minimum absolute atomic E-state index is 0.0517. The third kappa shape index (κ3) is 5.68. The summed E-state index contributed by atoms with van der Waals surface area (Å²) in [6.45, 7) is 0.703. The molecule has 0 bridgehead atoms. The van der Waals surface area contributed by atoms with Crippen LogP contribution in [-0.2, 0) is 20.8 Å². The highest BCUT2D eigenvalue weighted by molar-refractivity contribution is 5.99. The van der Waals surface area contributed by atoms with Crippen LogP contribution in [0.15, 0.2) is 66.7 Å². The number of benzene rings is 4. The van der Waals surface area contributed by atoms with Gasteiger partial charge in [-0.15, -0.1) is 0 Å². The Bertz CT molecular complexity index is 1380. The molecular formula is C27H24O8. The highest BCUT2D eigenvalue weighted by atomic mass is 16.7. The Morgan fingerprint density at radius 2 is 1.63 bits per heavy atom. The lowest BCUT2D eigenvalue weighted by molar-refractivity contribution is -0.00841. The maximum Gasteiger partial charge on any atom is 0.338 e. The molecule has 8 nitrogen and oxygen atoms in total. The molecule has 4 aromatic carbocycles. The number of carbonyl (C=O) groups is 2. The number of rotatable bonds is 10. The van der Waals surface area contributed by atoms with Crippen molar-refractivity contribution in [3.63, 3.8) is 0 Å². The standard InChI is InChI=1S/C27H24O8/c1-32-10-11-33-16-35-22-7-9-23-19(14-22)5-8-24(26(29)30)25(23)15-34-27(31)20-3-2-18-13-21(28)6-4-17(18)12-20/h2-9,12-14,28H,10-11,15-16H2,1H3,(H,29,30). The molecule has 35 heavy (non-hydrogen) atoms. The molecule has 0 aliphatic rings. The molecule has 0 aliphatic heterocycles. The van der Waals surface area contributed by atoms with Gasteiger partial charge in [-0.2, -0.15) is 0 Å². The summed E-state index contributed by atoms with van der Waals surface area (Å²) in [7, 11) is 1.59. The van der Waals surface area contributed by atoms with Crippen LogP contribution in [0.2, 0.25) is 0 Å². The number of ether oxygens (including phenoxy) is 4. The van der Waals surface area contributed by atoms with Crippen molar-refractivity contribution in [3.8, 4) is 11.5 Å². The first-order valence-corrected chi connectivity index (χ1v) is 10.8. The number of hydrogen-bond donors (Lipinski definition) is 2. The van der Waals surface area contributed by atoms with Crippen LogP contribution in [0.1, 0.15) is 26.3 Å². The van der Waals surface area contributed by atoms with Gasteiger partial charge in [0.05, 0.1) is 24.3 Å². The summed E-state index contributed by atoms with van der Waals surface area (Å²) >= 11 is 0. The first kappa shape index (κ1) is 24.0. The average molecular weight is 476 g/mol. The number of phenolic OH excluding ortho intramolecular Hbond substituents is 1. The molecular weight excluding hydrogens is 452 g/mol. The largest absolute Gasteiger partial charge is 0.508 e. The van der Waals surface area contributed by atoms with E-state index in [0.717, 1.165) is 16.2 Å². The fourth-order valence-corrected chi connectivity index (χ4v) is 3.71. The minimum Gasteiger partial charge on any atom is -0.508 e. The van der Waals surface area contributed by atoms with Crippen molar-refractivity contribution < 1.29 is 38.7 Å². The molecule has 8 heteroatoms. The molecule has 0 unspecified atom stereocenters. The molecule has 0 aliphatic carbocycles. The van der Waals surface area contributed by atoms with Crippen molar-refractivity contribution >= 4 is 33.5 Å². The number of carboxylic acids is 1. The highest BCUT2D eigenvalue weighted by Crippen LogP contribution is 2.28. The van der Waals surface area contributed by atoms with Crippen molar-refractivity contribution in [1.29, 1.82) is 0 Å². The molecule has 4 aromatic rings. The number of fused-ring (bicyclic) bond motifs is 2. The lowest BCUT2D eigenvalue weighted by atomic mass is 9.99. The summed E-state index contributed by atoms with van der Waals surface area (Å²) in [4.78, 5) is 24.6.